The minimum Gasteiger partial charge on any atom is -0.377 e. The van der Waals surface area contributed by atoms with Gasteiger partial charge in [0.1, 0.15) is 0 Å². The molecule has 3 aliphatic heterocycles. The van der Waals surface area contributed by atoms with E-state index in [1.54, 1.807) is 0 Å². The smallest absolute Gasteiger partial charge is 0.317 e. The zero-order valence-electron chi connectivity index (χ0n) is 15.8. The lowest BCUT2D eigenvalue weighted by Crippen LogP contribution is -2.53. The number of nitrogens with one attached hydrogen (secondary N) is 1. The lowest BCUT2D eigenvalue weighted by Gasteiger charge is -2.38. The Kier molecular flexibility index (Phi) is 5.51. The number of fused-ring (bicyclic) bond motifs is 1. The van der Waals surface area contributed by atoms with Crippen molar-refractivity contribution in [3.8, 4) is 0 Å². The molecule has 5 heteroatoms. The van der Waals surface area contributed by atoms with Gasteiger partial charge in [-0.15, -0.1) is 0 Å². The number of hydrogen-bond acceptors (Lipinski definition) is 3. The van der Waals surface area contributed by atoms with Gasteiger partial charge in [0, 0.05) is 45.4 Å². The molecule has 0 aromatic heterocycles. The summed E-state index contributed by atoms with van der Waals surface area (Å²) < 4.78 is 5.78. The number of ether oxygens (including phenoxy) is 1. The van der Waals surface area contributed by atoms with E-state index in [0.717, 1.165) is 57.6 Å². The largest absolute Gasteiger partial charge is 0.377 e. The van der Waals surface area contributed by atoms with Crippen LogP contribution in [0.25, 0.3) is 0 Å². The Hall–Kier alpha value is -0.810. The van der Waals surface area contributed by atoms with Gasteiger partial charge in [0.2, 0.25) is 0 Å². The molecule has 4 fully saturated rings. The van der Waals surface area contributed by atoms with Gasteiger partial charge in [-0.25, -0.2) is 4.79 Å². The molecular weight excluding hydrogens is 314 g/mol. The van der Waals surface area contributed by atoms with E-state index >= 15 is 0 Å². The van der Waals surface area contributed by atoms with Crippen molar-refractivity contribution in [2.24, 2.45) is 17.8 Å². The second-order valence-corrected chi connectivity index (χ2v) is 8.93. The summed E-state index contributed by atoms with van der Waals surface area (Å²) in [4.78, 5) is 17.4. The van der Waals surface area contributed by atoms with Crippen LogP contribution in [-0.4, -0.2) is 67.3 Å². The highest BCUT2D eigenvalue weighted by molar-refractivity contribution is 5.75. The number of urea groups is 1. The molecule has 4 aliphatic rings. The quantitative estimate of drug-likeness (QED) is 0.852. The van der Waals surface area contributed by atoms with E-state index in [-0.39, 0.29) is 6.03 Å². The zero-order valence-corrected chi connectivity index (χ0v) is 15.8. The van der Waals surface area contributed by atoms with E-state index in [1.165, 1.54) is 38.5 Å². The van der Waals surface area contributed by atoms with Crippen molar-refractivity contribution in [2.45, 2.75) is 64.0 Å². The summed E-state index contributed by atoms with van der Waals surface area (Å²) in [5.74, 6) is 2.05. The van der Waals surface area contributed by atoms with E-state index in [9.17, 15) is 4.79 Å². The molecule has 0 radical (unpaired) electrons. The molecule has 1 N–H and O–H groups in total. The summed E-state index contributed by atoms with van der Waals surface area (Å²) >= 11 is 0. The number of carbonyl (C=O) groups excluding carboxylic acids is 1. The molecule has 0 unspecified atom stereocenters. The van der Waals surface area contributed by atoms with Crippen molar-refractivity contribution in [1.82, 2.24) is 15.1 Å². The normalized spacial score (nSPS) is 39.4. The SMILES string of the molecule is C[C@@H]1CN(C[C@@H]2CCCO2)CC[C@H]1NC(=O)N1C[C@H]2CCCC[C@H]2C1. The Labute approximate surface area is 152 Å². The minimum atomic E-state index is 0.193. The van der Waals surface area contributed by atoms with Crippen LogP contribution in [-0.2, 0) is 4.74 Å². The van der Waals surface area contributed by atoms with Gasteiger partial charge < -0.3 is 19.9 Å². The van der Waals surface area contributed by atoms with Crippen molar-refractivity contribution in [3.63, 3.8) is 0 Å². The maximum atomic E-state index is 12.7. The van der Waals surface area contributed by atoms with Crippen LogP contribution in [0.3, 0.4) is 0 Å². The minimum absolute atomic E-state index is 0.193. The molecule has 142 valence electrons. The molecule has 5 nitrogen and oxygen atoms in total. The monoisotopic (exact) mass is 349 g/mol. The Bertz CT molecular complexity index is 452. The molecule has 0 bridgehead atoms. The van der Waals surface area contributed by atoms with Crippen molar-refractivity contribution in [3.05, 3.63) is 0 Å². The highest BCUT2D eigenvalue weighted by Crippen LogP contribution is 2.36. The third kappa shape index (κ3) is 4.13. The summed E-state index contributed by atoms with van der Waals surface area (Å²) in [6.07, 6.45) is 9.30. The van der Waals surface area contributed by atoms with Gasteiger partial charge in [0.15, 0.2) is 0 Å². The van der Waals surface area contributed by atoms with Gasteiger partial charge in [0.05, 0.1) is 6.10 Å². The molecule has 1 saturated carbocycles. The van der Waals surface area contributed by atoms with E-state index in [2.05, 4.69) is 22.0 Å². The third-order valence-electron chi connectivity index (χ3n) is 7.05. The first-order valence-electron chi connectivity index (χ1n) is 10.6. The maximum Gasteiger partial charge on any atom is 0.317 e. The van der Waals surface area contributed by atoms with Crippen LogP contribution < -0.4 is 5.32 Å². The fraction of sp³-hybridized carbons (Fsp3) is 0.950. The highest BCUT2D eigenvalue weighted by atomic mass is 16.5. The third-order valence-corrected chi connectivity index (χ3v) is 7.05. The second kappa shape index (κ2) is 7.83. The number of amides is 2. The summed E-state index contributed by atoms with van der Waals surface area (Å²) in [7, 11) is 0. The second-order valence-electron chi connectivity index (χ2n) is 8.93. The Morgan fingerprint density at radius 2 is 1.80 bits per heavy atom. The summed E-state index contributed by atoms with van der Waals surface area (Å²) in [5.41, 5.74) is 0. The van der Waals surface area contributed by atoms with Crippen molar-refractivity contribution in [2.75, 3.05) is 39.3 Å². The molecule has 3 heterocycles. The van der Waals surface area contributed by atoms with Gasteiger partial charge in [-0.05, 0) is 49.9 Å². The van der Waals surface area contributed by atoms with Crippen LogP contribution in [0.2, 0.25) is 0 Å². The predicted molar refractivity (Wildman–Crippen MR) is 98.5 cm³/mol. The van der Waals surface area contributed by atoms with E-state index < -0.39 is 0 Å². The average molecular weight is 350 g/mol. The summed E-state index contributed by atoms with van der Waals surface area (Å²) in [5, 5.41) is 3.36. The van der Waals surface area contributed by atoms with Crippen LogP contribution in [0.1, 0.15) is 51.9 Å². The lowest BCUT2D eigenvalue weighted by molar-refractivity contribution is 0.0517. The van der Waals surface area contributed by atoms with Gasteiger partial charge in [-0.1, -0.05) is 19.8 Å². The maximum absolute atomic E-state index is 12.7. The Morgan fingerprint density at radius 1 is 1.04 bits per heavy atom. The molecule has 25 heavy (non-hydrogen) atoms. The van der Waals surface area contributed by atoms with E-state index in [4.69, 9.17) is 4.74 Å². The first-order valence-corrected chi connectivity index (χ1v) is 10.6. The molecule has 0 spiro atoms. The van der Waals surface area contributed by atoms with Crippen LogP contribution in [0.4, 0.5) is 4.79 Å². The molecule has 0 aromatic rings. The van der Waals surface area contributed by atoms with Crippen molar-refractivity contribution in [1.29, 1.82) is 0 Å². The van der Waals surface area contributed by atoms with Crippen molar-refractivity contribution >= 4 is 6.03 Å². The average Bonchev–Trinajstić information content (AvgIpc) is 3.26. The van der Waals surface area contributed by atoms with Gasteiger partial charge in [-0.2, -0.15) is 0 Å². The summed E-state index contributed by atoms with van der Waals surface area (Å²) in [6.45, 7) is 8.43. The molecule has 4 rings (SSSR count). The number of likely N-dealkylation sites (tertiary alicyclic amines) is 2. The first-order chi connectivity index (χ1) is 12.2. The first kappa shape index (κ1) is 17.6. The zero-order chi connectivity index (χ0) is 17.2. The standard InChI is InChI=1S/C20H35N3O2/c1-15-11-22(14-18-7-4-10-25-18)9-8-19(15)21-20(24)23-12-16-5-2-3-6-17(16)13-23/h15-19H,2-14H2,1H3,(H,21,24)/t15-,16-,17+,18+,19-/m1/s1. The van der Waals surface area contributed by atoms with Crippen LogP contribution in [0, 0.1) is 17.8 Å². The van der Waals surface area contributed by atoms with Crippen LogP contribution in [0.5, 0.6) is 0 Å². The van der Waals surface area contributed by atoms with Crippen LogP contribution in [0.15, 0.2) is 0 Å². The Morgan fingerprint density at radius 3 is 2.44 bits per heavy atom. The van der Waals surface area contributed by atoms with E-state index in [1.807, 2.05) is 0 Å². The summed E-state index contributed by atoms with van der Waals surface area (Å²) in [6, 6.07) is 0.523. The van der Waals surface area contributed by atoms with Crippen LogP contribution >= 0.6 is 0 Å². The molecule has 1 aliphatic carbocycles. The number of carbonyl (C=O) groups is 1. The number of piperidine rings is 1. The number of hydrogen-bond donors (Lipinski definition) is 1. The molecular formula is C20H35N3O2. The molecule has 3 saturated heterocycles. The van der Waals surface area contributed by atoms with Gasteiger partial charge in [-0.3, -0.25) is 0 Å². The lowest BCUT2D eigenvalue weighted by atomic mass is 9.82. The molecule has 2 amide bonds. The van der Waals surface area contributed by atoms with Gasteiger partial charge in [0.25, 0.3) is 0 Å². The van der Waals surface area contributed by atoms with E-state index in [0.29, 0.717) is 18.1 Å². The fourth-order valence-corrected chi connectivity index (χ4v) is 5.51. The predicted octanol–water partition coefficient (Wildman–Crippen LogP) is 2.71. The molecule has 0 aromatic carbocycles. The van der Waals surface area contributed by atoms with Gasteiger partial charge >= 0.3 is 6.03 Å². The number of nitrogens with zero attached hydrogens (tertiary/aromatic N) is 2. The number of rotatable bonds is 3. The topological polar surface area (TPSA) is 44.8 Å². The Balaban J connectivity index is 1.23. The molecule has 5 atom stereocenters. The fourth-order valence-electron chi connectivity index (χ4n) is 5.51. The highest BCUT2D eigenvalue weighted by Gasteiger charge is 2.37. The van der Waals surface area contributed by atoms with Crippen molar-refractivity contribution < 1.29 is 9.53 Å².